The number of aromatic nitrogens is 2. The third-order valence-electron chi connectivity index (χ3n) is 5.51. The molecule has 2 heterocycles. The summed E-state index contributed by atoms with van der Waals surface area (Å²) in [4.78, 5) is 18.8. The average molecular weight is 472 g/mol. The Morgan fingerprint density at radius 2 is 1.94 bits per heavy atom. The van der Waals surface area contributed by atoms with Gasteiger partial charge in [-0.25, -0.2) is 9.78 Å². The zero-order chi connectivity index (χ0) is 23.0. The lowest BCUT2D eigenvalue weighted by atomic mass is 9.99. The summed E-state index contributed by atoms with van der Waals surface area (Å²) in [5.74, 6) is 0.918. The second-order valence-corrected chi connectivity index (χ2v) is 9.93. The molecule has 0 saturated carbocycles. The summed E-state index contributed by atoms with van der Waals surface area (Å²) in [5, 5.41) is 1.35. The van der Waals surface area contributed by atoms with Crippen molar-refractivity contribution in [1.82, 2.24) is 14.5 Å². The molecule has 0 aliphatic carbocycles. The Balaban J connectivity index is 1.60. The van der Waals surface area contributed by atoms with E-state index in [4.69, 9.17) is 32.9 Å². The molecule has 2 aromatic carbocycles. The molecule has 1 amide bonds. The number of carbonyl (C=O) groups excluding carboxylic acids is 1. The van der Waals surface area contributed by atoms with Gasteiger partial charge >= 0.3 is 6.09 Å². The standard InChI is InChI=1S/C25H27Cl2N3O2/c1-16-28-22-8-5-18(17-9-11-29(12-10-17)24(31)32-25(2,3)4)14-23(22)30(16)15-19-13-20(26)6-7-21(19)27/h5-9,13-14H,10-12,15H2,1-4H3. The molecule has 0 fully saturated rings. The summed E-state index contributed by atoms with van der Waals surface area (Å²) in [6, 6.07) is 11.8. The molecule has 3 aromatic rings. The number of benzene rings is 2. The van der Waals surface area contributed by atoms with Crippen LogP contribution in [0.15, 0.2) is 42.5 Å². The third kappa shape index (κ3) is 4.94. The minimum absolute atomic E-state index is 0.268. The quantitative estimate of drug-likeness (QED) is 0.425. The molecule has 7 heteroatoms. The van der Waals surface area contributed by atoms with E-state index >= 15 is 0 Å². The number of imidazole rings is 1. The number of ether oxygens (including phenoxy) is 1. The Morgan fingerprint density at radius 3 is 2.62 bits per heavy atom. The van der Waals surface area contributed by atoms with Crippen LogP contribution in [-0.2, 0) is 11.3 Å². The molecule has 4 rings (SSSR count). The van der Waals surface area contributed by atoms with Crippen LogP contribution in [-0.4, -0.2) is 39.2 Å². The third-order valence-corrected chi connectivity index (χ3v) is 6.11. The number of halogens is 2. The van der Waals surface area contributed by atoms with E-state index in [0.29, 0.717) is 29.7 Å². The van der Waals surface area contributed by atoms with Crippen molar-refractivity contribution in [3.8, 4) is 0 Å². The van der Waals surface area contributed by atoms with Crippen LogP contribution in [0.2, 0.25) is 10.0 Å². The number of fused-ring (bicyclic) bond motifs is 1. The molecule has 0 unspecified atom stereocenters. The second-order valence-electron chi connectivity index (χ2n) is 9.09. The Hall–Kier alpha value is -2.50. The molecule has 0 N–H and O–H groups in total. The predicted octanol–water partition coefficient (Wildman–Crippen LogP) is 6.72. The van der Waals surface area contributed by atoms with Crippen LogP contribution >= 0.6 is 23.2 Å². The Kier molecular flexibility index (Phi) is 6.24. The molecule has 1 aliphatic rings. The first-order valence-corrected chi connectivity index (χ1v) is 11.4. The van der Waals surface area contributed by atoms with Gasteiger partial charge in [0, 0.05) is 23.1 Å². The van der Waals surface area contributed by atoms with Gasteiger partial charge in [-0.3, -0.25) is 0 Å². The van der Waals surface area contributed by atoms with Crippen LogP contribution in [0.1, 0.15) is 44.1 Å². The second kappa shape index (κ2) is 8.80. The molecule has 5 nitrogen and oxygen atoms in total. The smallest absolute Gasteiger partial charge is 0.410 e. The predicted molar refractivity (Wildman–Crippen MR) is 130 cm³/mol. The minimum atomic E-state index is -0.492. The van der Waals surface area contributed by atoms with E-state index in [1.54, 1.807) is 11.0 Å². The van der Waals surface area contributed by atoms with Gasteiger partial charge in [-0.15, -0.1) is 0 Å². The monoisotopic (exact) mass is 471 g/mol. The molecular weight excluding hydrogens is 445 g/mol. The van der Waals surface area contributed by atoms with Crippen LogP contribution in [0.4, 0.5) is 4.79 Å². The average Bonchev–Trinajstić information content (AvgIpc) is 3.04. The van der Waals surface area contributed by atoms with Crippen LogP contribution < -0.4 is 0 Å². The Labute approximate surface area is 198 Å². The summed E-state index contributed by atoms with van der Waals surface area (Å²) in [6.45, 7) is 9.41. The molecule has 1 aromatic heterocycles. The van der Waals surface area contributed by atoms with E-state index < -0.39 is 5.60 Å². The van der Waals surface area contributed by atoms with Gasteiger partial charge in [0.05, 0.1) is 17.6 Å². The maximum absolute atomic E-state index is 12.3. The first kappa shape index (κ1) is 22.7. The number of rotatable bonds is 3. The topological polar surface area (TPSA) is 47.4 Å². The first-order chi connectivity index (χ1) is 15.1. The van der Waals surface area contributed by atoms with Crippen molar-refractivity contribution < 1.29 is 9.53 Å². The van der Waals surface area contributed by atoms with Crippen molar-refractivity contribution >= 4 is 45.9 Å². The maximum Gasteiger partial charge on any atom is 0.410 e. The van der Waals surface area contributed by atoms with E-state index in [1.165, 1.54) is 5.57 Å². The molecule has 168 valence electrons. The highest BCUT2D eigenvalue weighted by atomic mass is 35.5. The fraction of sp³-hybridized carbons (Fsp3) is 0.360. The summed E-state index contributed by atoms with van der Waals surface area (Å²) in [5.41, 5.74) is 4.81. The van der Waals surface area contributed by atoms with Crippen molar-refractivity contribution in [2.24, 2.45) is 0 Å². The minimum Gasteiger partial charge on any atom is -0.444 e. The zero-order valence-corrected chi connectivity index (χ0v) is 20.3. The normalized spacial score (nSPS) is 14.6. The number of hydrogen-bond donors (Lipinski definition) is 0. The highest BCUT2D eigenvalue weighted by Gasteiger charge is 2.24. The van der Waals surface area contributed by atoms with Crippen LogP contribution in [0.25, 0.3) is 16.6 Å². The van der Waals surface area contributed by atoms with Gasteiger partial charge < -0.3 is 14.2 Å². The van der Waals surface area contributed by atoms with Gasteiger partial charge in [-0.05, 0) is 81.1 Å². The summed E-state index contributed by atoms with van der Waals surface area (Å²) >= 11 is 12.6. The number of amides is 1. The number of carbonyl (C=O) groups is 1. The number of nitrogens with zero attached hydrogens (tertiary/aromatic N) is 3. The zero-order valence-electron chi connectivity index (χ0n) is 18.8. The molecule has 0 saturated heterocycles. The molecule has 0 atom stereocenters. The fourth-order valence-electron chi connectivity index (χ4n) is 3.90. The van der Waals surface area contributed by atoms with Gasteiger partial charge in [-0.2, -0.15) is 0 Å². The molecule has 0 radical (unpaired) electrons. The lowest BCUT2D eigenvalue weighted by Gasteiger charge is -2.29. The Bertz CT molecular complexity index is 1210. The van der Waals surface area contributed by atoms with E-state index in [0.717, 1.165) is 34.4 Å². The molecule has 32 heavy (non-hydrogen) atoms. The molecule has 1 aliphatic heterocycles. The largest absolute Gasteiger partial charge is 0.444 e. The van der Waals surface area contributed by atoms with Crippen molar-refractivity contribution in [2.45, 2.75) is 46.3 Å². The van der Waals surface area contributed by atoms with Gasteiger partial charge in [0.1, 0.15) is 11.4 Å². The highest BCUT2D eigenvalue weighted by molar-refractivity contribution is 6.33. The van der Waals surface area contributed by atoms with Gasteiger partial charge in [-0.1, -0.05) is 35.3 Å². The van der Waals surface area contributed by atoms with Crippen LogP contribution in [0.5, 0.6) is 0 Å². The van der Waals surface area contributed by atoms with E-state index in [9.17, 15) is 4.79 Å². The van der Waals surface area contributed by atoms with Crippen LogP contribution in [0.3, 0.4) is 0 Å². The molecular formula is C25H27Cl2N3O2. The Morgan fingerprint density at radius 1 is 1.16 bits per heavy atom. The maximum atomic E-state index is 12.3. The first-order valence-electron chi connectivity index (χ1n) is 10.7. The van der Waals surface area contributed by atoms with Crippen molar-refractivity contribution in [3.63, 3.8) is 0 Å². The van der Waals surface area contributed by atoms with E-state index in [-0.39, 0.29) is 6.09 Å². The van der Waals surface area contributed by atoms with Gasteiger partial charge in [0.15, 0.2) is 0 Å². The van der Waals surface area contributed by atoms with Gasteiger partial charge in [0.2, 0.25) is 0 Å². The summed E-state index contributed by atoms with van der Waals surface area (Å²) < 4.78 is 7.65. The van der Waals surface area contributed by atoms with Crippen molar-refractivity contribution in [3.05, 3.63) is 69.5 Å². The summed E-state index contributed by atoms with van der Waals surface area (Å²) in [6.07, 6.45) is 2.61. The van der Waals surface area contributed by atoms with Crippen molar-refractivity contribution in [2.75, 3.05) is 13.1 Å². The van der Waals surface area contributed by atoms with E-state index in [2.05, 4.69) is 28.8 Å². The summed E-state index contributed by atoms with van der Waals surface area (Å²) in [7, 11) is 0. The fourth-order valence-corrected chi connectivity index (χ4v) is 4.27. The van der Waals surface area contributed by atoms with Crippen molar-refractivity contribution in [1.29, 1.82) is 0 Å². The lowest BCUT2D eigenvalue weighted by molar-refractivity contribution is 0.0270. The SMILES string of the molecule is Cc1nc2ccc(C3=CCN(C(=O)OC(C)(C)C)CC3)cc2n1Cc1cc(Cl)ccc1Cl. The number of hydrogen-bond acceptors (Lipinski definition) is 3. The van der Waals surface area contributed by atoms with Gasteiger partial charge in [0.25, 0.3) is 0 Å². The highest BCUT2D eigenvalue weighted by Crippen LogP contribution is 2.29. The van der Waals surface area contributed by atoms with E-state index in [1.807, 2.05) is 39.8 Å². The molecule has 0 bridgehead atoms. The van der Waals surface area contributed by atoms with Crippen LogP contribution in [0, 0.1) is 6.92 Å². The number of aryl methyl sites for hydroxylation is 1. The lowest BCUT2D eigenvalue weighted by Crippen LogP contribution is -2.39. The molecule has 0 spiro atoms.